The molecular formula is C7H15N2O+. The van der Waals surface area contributed by atoms with Crippen molar-refractivity contribution < 1.29 is 4.76 Å². The van der Waals surface area contributed by atoms with E-state index >= 15 is 0 Å². The van der Waals surface area contributed by atoms with Crippen molar-refractivity contribution in [3.8, 4) is 0 Å². The molecule has 10 heavy (non-hydrogen) atoms. The van der Waals surface area contributed by atoms with E-state index in [-0.39, 0.29) is 12.1 Å². The highest BCUT2D eigenvalue weighted by Crippen LogP contribution is 2.09. The Morgan fingerprint density at radius 1 is 1.50 bits per heavy atom. The Kier molecular flexibility index (Phi) is 2.04. The van der Waals surface area contributed by atoms with Crippen LogP contribution in [0.4, 0.5) is 0 Å². The molecule has 1 fully saturated rings. The lowest BCUT2D eigenvalue weighted by Gasteiger charge is -2.30. The van der Waals surface area contributed by atoms with Crippen LogP contribution in [0.15, 0.2) is 0 Å². The Balaban J connectivity index is 2.31. The van der Waals surface area contributed by atoms with Crippen molar-refractivity contribution in [2.75, 3.05) is 20.1 Å². The molecule has 0 saturated carbocycles. The van der Waals surface area contributed by atoms with Crippen LogP contribution in [0.2, 0.25) is 0 Å². The molecule has 3 heteroatoms. The smallest absolute Gasteiger partial charge is 0.226 e. The van der Waals surface area contributed by atoms with Gasteiger partial charge in [-0.1, -0.05) is 0 Å². The summed E-state index contributed by atoms with van der Waals surface area (Å²) >= 11 is 0. The fraction of sp³-hybridized carbons (Fsp3) is 1.00. The molecule has 1 rings (SSSR count). The van der Waals surface area contributed by atoms with Gasteiger partial charge in [0.05, 0.1) is 13.1 Å². The third-order valence-corrected chi connectivity index (χ3v) is 1.91. The molecule has 0 aromatic carbocycles. The number of rotatable bonds is 2. The maximum absolute atomic E-state index is 11.2. The third kappa shape index (κ3) is 1.34. The highest BCUT2D eigenvalue weighted by Gasteiger charge is 2.37. The van der Waals surface area contributed by atoms with E-state index in [9.17, 15) is 4.91 Å². The van der Waals surface area contributed by atoms with Gasteiger partial charge >= 0.3 is 0 Å². The lowest BCUT2D eigenvalue weighted by molar-refractivity contribution is -0.625. The van der Waals surface area contributed by atoms with E-state index in [4.69, 9.17) is 0 Å². The summed E-state index contributed by atoms with van der Waals surface area (Å²) in [5.74, 6) is 0. The molecule has 3 nitrogen and oxygen atoms in total. The molecule has 0 aromatic rings. The zero-order valence-corrected chi connectivity index (χ0v) is 6.87. The van der Waals surface area contributed by atoms with Crippen LogP contribution < -0.4 is 0 Å². The van der Waals surface area contributed by atoms with Gasteiger partial charge in [-0.15, -0.1) is 0 Å². The van der Waals surface area contributed by atoms with Crippen LogP contribution in [0.1, 0.15) is 13.8 Å². The fourth-order valence-electron chi connectivity index (χ4n) is 1.25. The van der Waals surface area contributed by atoms with Gasteiger partial charge in [0.25, 0.3) is 0 Å². The Morgan fingerprint density at radius 2 is 2.00 bits per heavy atom. The minimum Gasteiger partial charge on any atom is -0.293 e. The van der Waals surface area contributed by atoms with E-state index < -0.39 is 0 Å². The van der Waals surface area contributed by atoms with Crippen molar-refractivity contribution in [1.29, 1.82) is 0 Å². The predicted octanol–water partition coefficient (Wildman–Crippen LogP) is 0.488. The molecule has 1 saturated heterocycles. The van der Waals surface area contributed by atoms with Crippen LogP contribution in [-0.4, -0.2) is 41.9 Å². The number of likely N-dealkylation sites (tertiary alicyclic amines) is 1. The molecule has 0 aromatic heterocycles. The minimum absolute atomic E-state index is 0.138. The molecule has 0 atom stereocenters. The van der Waals surface area contributed by atoms with E-state index in [1.54, 1.807) is 0 Å². The zero-order chi connectivity index (χ0) is 7.72. The molecule has 0 aliphatic carbocycles. The van der Waals surface area contributed by atoms with Crippen LogP contribution >= 0.6 is 0 Å². The van der Waals surface area contributed by atoms with Gasteiger partial charge in [-0.2, -0.15) is 0 Å². The molecule has 0 unspecified atom stereocenters. The van der Waals surface area contributed by atoms with Gasteiger partial charge in [0, 0.05) is 23.5 Å². The van der Waals surface area contributed by atoms with Crippen molar-refractivity contribution >= 4 is 0 Å². The van der Waals surface area contributed by atoms with Gasteiger partial charge < -0.3 is 0 Å². The summed E-state index contributed by atoms with van der Waals surface area (Å²) in [7, 11) is 2.03. The third-order valence-electron chi connectivity index (χ3n) is 1.91. The maximum atomic E-state index is 11.2. The van der Waals surface area contributed by atoms with E-state index in [1.165, 1.54) is 4.76 Å². The van der Waals surface area contributed by atoms with Crippen LogP contribution in [0.3, 0.4) is 0 Å². The average molecular weight is 143 g/mol. The van der Waals surface area contributed by atoms with Crippen LogP contribution in [0, 0.1) is 4.91 Å². The summed E-state index contributed by atoms with van der Waals surface area (Å²) in [5.41, 5.74) is 0. The van der Waals surface area contributed by atoms with Crippen molar-refractivity contribution in [3.63, 3.8) is 0 Å². The Labute approximate surface area is 61.6 Å². The number of nitrogens with zero attached hydrogens (tertiary/aromatic N) is 2. The molecule has 0 spiro atoms. The second kappa shape index (κ2) is 2.66. The molecule has 1 aliphatic rings. The summed E-state index contributed by atoms with van der Waals surface area (Å²) in [4.78, 5) is 13.3. The molecule has 0 bridgehead atoms. The van der Waals surface area contributed by atoms with Crippen LogP contribution in [-0.2, 0) is 0 Å². The van der Waals surface area contributed by atoms with Crippen molar-refractivity contribution in [3.05, 3.63) is 4.91 Å². The molecule has 1 heterocycles. The maximum Gasteiger partial charge on any atom is 0.226 e. The Bertz CT molecular complexity index is 139. The van der Waals surface area contributed by atoms with Crippen molar-refractivity contribution in [1.82, 2.24) is 4.90 Å². The lowest BCUT2D eigenvalue weighted by Crippen LogP contribution is -2.55. The first-order valence-corrected chi connectivity index (χ1v) is 3.75. The van der Waals surface area contributed by atoms with Crippen molar-refractivity contribution in [2.24, 2.45) is 0 Å². The summed E-state index contributed by atoms with van der Waals surface area (Å²) < 4.78 is 1.19. The molecule has 1 aliphatic heterocycles. The molecular weight excluding hydrogens is 128 g/mol. The highest BCUT2D eigenvalue weighted by molar-refractivity contribution is 4.75. The number of likely N-dealkylation sites (N-methyl/N-ethyl adjacent to an activating group) is 1. The fourth-order valence-corrected chi connectivity index (χ4v) is 1.25. The average Bonchev–Trinajstić information content (AvgIpc) is 1.79. The van der Waals surface area contributed by atoms with Gasteiger partial charge in [0.1, 0.15) is 0 Å². The SMILES string of the molecule is CC(C)[N+](=O)C1CN(C)C1. The molecule has 0 N–H and O–H groups in total. The first kappa shape index (κ1) is 7.66. The van der Waals surface area contributed by atoms with Gasteiger partial charge in [0.2, 0.25) is 6.04 Å². The number of nitroso groups, excluding NO2 is 1. The highest BCUT2D eigenvalue weighted by atomic mass is 16.3. The Morgan fingerprint density at radius 3 is 2.30 bits per heavy atom. The van der Waals surface area contributed by atoms with Gasteiger partial charge in [-0.25, -0.2) is 0 Å². The topological polar surface area (TPSA) is 23.3 Å². The summed E-state index contributed by atoms with van der Waals surface area (Å²) in [6, 6.07) is 0.392. The second-order valence-corrected chi connectivity index (χ2v) is 3.33. The molecule has 0 amide bonds. The largest absolute Gasteiger partial charge is 0.293 e. The molecule has 58 valence electrons. The first-order valence-electron chi connectivity index (χ1n) is 3.75. The predicted molar refractivity (Wildman–Crippen MR) is 40.0 cm³/mol. The quantitative estimate of drug-likeness (QED) is 0.525. The van der Waals surface area contributed by atoms with Gasteiger partial charge in [-0.3, -0.25) is 4.90 Å². The minimum atomic E-state index is 0.138. The van der Waals surface area contributed by atoms with Crippen LogP contribution in [0.25, 0.3) is 0 Å². The van der Waals surface area contributed by atoms with E-state index in [1.807, 2.05) is 20.9 Å². The van der Waals surface area contributed by atoms with E-state index in [0.29, 0.717) is 0 Å². The van der Waals surface area contributed by atoms with Crippen LogP contribution in [0.5, 0.6) is 0 Å². The lowest BCUT2D eigenvalue weighted by atomic mass is 10.1. The zero-order valence-electron chi connectivity index (χ0n) is 6.87. The van der Waals surface area contributed by atoms with Gasteiger partial charge in [0.15, 0.2) is 6.04 Å². The number of hydrogen-bond acceptors (Lipinski definition) is 2. The number of hydrogen-bond donors (Lipinski definition) is 0. The van der Waals surface area contributed by atoms with Crippen molar-refractivity contribution in [2.45, 2.75) is 25.9 Å². The summed E-state index contributed by atoms with van der Waals surface area (Å²) in [6.07, 6.45) is 0. The second-order valence-electron chi connectivity index (χ2n) is 3.33. The monoisotopic (exact) mass is 143 g/mol. The summed E-state index contributed by atoms with van der Waals surface area (Å²) in [5, 5.41) is 0. The Hall–Kier alpha value is -0.440. The van der Waals surface area contributed by atoms with E-state index in [0.717, 1.165) is 13.1 Å². The normalized spacial score (nSPS) is 21.2. The van der Waals surface area contributed by atoms with E-state index in [2.05, 4.69) is 4.90 Å². The first-order chi connectivity index (χ1) is 4.61. The van der Waals surface area contributed by atoms with Gasteiger partial charge in [-0.05, 0) is 7.05 Å². The summed E-state index contributed by atoms with van der Waals surface area (Å²) in [6.45, 7) is 5.74. The molecule has 0 radical (unpaired) electrons. The standard InChI is InChI=1S/C7H15N2O/c1-6(2)9(10)7-4-8(3)5-7/h6-7H,4-5H2,1-3H3/q+1.